The number of hydrogen-bond acceptors (Lipinski definition) is 10. The van der Waals surface area contributed by atoms with Gasteiger partial charge in [-0.3, -0.25) is 19.6 Å². The maximum Gasteiger partial charge on any atom is 0.295 e. The lowest BCUT2D eigenvalue weighted by molar-refractivity contribution is -0.127. The first-order valence-electron chi connectivity index (χ1n) is 11.7. The van der Waals surface area contributed by atoms with E-state index in [0.29, 0.717) is 41.1 Å². The number of anilines is 1. The summed E-state index contributed by atoms with van der Waals surface area (Å²) in [6, 6.07) is 0. The van der Waals surface area contributed by atoms with Crippen LogP contribution in [-0.4, -0.2) is 62.9 Å². The zero-order valence-corrected chi connectivity index (χ0v) is 20.9. The minimum Gasteiger partial charge on any atom is -0.494 e. The number of pyridine rings is 1. The molecule has 4 rings (SSSR count). The number of rotatable bonds is 8. The van der Waals surface area contributed by atoms with E-state index >= 15 is 0 Å². The molecule has 37 heavy (non-hydrogen) atoms. The number of allylic oxidation sites excluding steroid dienone is 2. The van der Waals surface area contributed by atoms with E-state index in [9.17, 15) is 9.59 Å². The number of H-pyrrole nitrogens is 1. The first-order valence-corrected chi connectivity index (χ1v) is 11.7. The van der Waals surface area contributed by atoms with Crippen LogP contribution in [0.15, 0.2) is 48.3 Å². The lowest BCUT2D eigenvalue weighted by atomic mass is 9.99. The highest BCUT2D eigenvalue weighted by atomic mass is 16.5. The Bertz CT molecular complexity index is 1420. The standard InChI is InChI=1S/C25H29N9O3/c1-4-5-6-17(28-2)21-15-7-9-33(13-18(15)31-14-32-21)25(36)23(35)16-11-29-22-20(16)19(37-3)12-30-24(22)34(27)10-8-26/h5-6,8,10-12,14,29H,4,7,9,13,26-27H2,1-3H3/b6-5-,10-8-,28-17?. The normalized spacial score (nSPS) is 13.9. The van der Waals surface area contributed by atoms with Crippen LogP contribution in [-0.2, 0) is 17.8 Å². The number of amides is 1. The minimum atomic E-state index is -0.681. The van der Waals surface area contributed by atoms with E-state index in [0.717, 1.165) is 23.4 Å². The van der Waals surface area contributed by atoms with Gasteiger partial charge in [-0.1, -0.05) is 13.0 Å². The van der Waals surface area contributed by atoms with E-state index in [1.54, 1.807) is 7.05 Å². The Labute approximate surface area is 213 Å². The molecular weight excluding hydrogens is 474 g/mol. The van der Waals surface area contributed by atoms with Crippen molar-refractivity contribution in [3.8, 4) is 5.75 Å². The highest BCUT2D eigenvalue weighted by Crippen LogP contribution is 2.34. The molecule has 0 saturated heterocycles. The van der Waals surface area contributed by atoms with E-state index in [-0.39, 0.29) is 12.1 Å². The van der Waals surface area contributed by atoms with Crippen LogP contribution in [0.3, 0.4) is 0 Å². The fourth-order valence-electron chi connectivity index (χ4n) is 4.29. The molecule has 0 unspecified atom stereocenters. The minimum absolute atomic E-state index is 0.157. The highest BCUT2D eigenvalue weighted by Gasteiger charge is 2.31. The molecule has 1 aliphatic rings. The summed E-state index contributed by atoms with van der Waals surface area (Å²) in [5.41, 5.74) is 9.16. The first kappa shape index (κ1) is 25.5. The summed E-state index contributed by atoms with van der Waals surface area (Å²) in [7, 11) is 3.18. The average molecular weight is 504 g/mol. The summed E-state index contributed by atoms with van der Waals surface area (Å²) < 4.78 is 5.42. The van der Waals surface area contributed by atoms with Gasteiger partial charge in [-0.05, 0) is 18.9 Å². The molecule has 0 bridgehead atoms. The second kappa shape index (κ2) is 11.0. The fourth-order valence-corrected chi connectivity index (χ4v) is 4.29. The molecule has 0 atom stereocenters. The molecule has 0 aliphatic carbocycles. The molecule has 4 heterocycles. The van der Waals surface area contributed by atoms with Crippen molar-refractivity contribution in [1.29, 1.82) is 0 Å². The molecule has 0 fully saturated rings. The van der Waals surface area contributed by atoms with E-state index in [4.69, 9.17) is 16.3 Å². The van der Waals surface area contributed by atoms with Gasteiger partial charge in [0.1, 0.15) is 12.1 Å². The van der Waals surface area contributed by atoms with Gasteiger partial charge in [0.2, 0.25) is 0 Å². The molecule has 3 aromatic rings. The smallest absolute Gasteiger partial charge is 0.295 e. The number of fused-ring (bicyclic) bond motifs is 2. The Morgan fingerprint density at radius 2 is 2.14 bits per heavy atom. The number of nitrogens with one attached hydrogen (secondary N) is 1. The molecule has 0 aromatic carbocycles. The van der Waals surface area contributed by atoms with Crippen LogP contribution in [0.5, 0.6) is 5.75 Å². The zero-order valence-electron chi connectivity index (χ0n) is 20.9. The maximum atomic E-state index is 13.4. The van der Waals surface area contributed by atoms with Crippen molar-refractivity contribution in [2.75, 3.05) is 25.7 Å². The average Bonchev–Trinajstić information content (AvgIpc) is 3.37. The number of ether oxygens (including phenoxy) is 1. The number of carbonyl (C=O) groups is 2. The van der Waals surface area contributed by atoms with Gasteiger partial charge in [0.25, 0.3) is 11.7 Å². The molecule has 3 aromatic heterocycles. The number of aliphatic imine (C=N–C) groups is 1. The second-order valence-corrected chi connectivity index (χ2v) is 8.22. The van der Waals surface area contributed by atoms with Gasteiger partial charge >= 0.3 is 0 Å². The largest absolute Gasteiger partial charge is 0.494 e. The quantitative estimate of drug-likeness (QED) is 0.136. The molecule has 1 amide bonds. The predicted molar refractivity (Wildman–Crippen MR) is 140 cm³/mol. The van der Waals surface area contributed by atoms with Crippen LogP contribution in [0.4, 0.5) is 5.82 Å². The number of nitrogens with zero attached hydrogens (tertiary/aromatic N) is 6. The number of carbonyl (C=O) groups excluding carboxylic acids is 2. The third-order valence-corrected chi connectivity index (χ3v) is 6.09. The topological polar surface area (TPSA) is 169 Å². The van der Waals surface area contributed by atoms with Crippen LogP contribution in [0, 0.1) is 0 Å². The fraction of sp³-hybridized carbons (Fsp3) is 0.280. The summed E-state index contributed by atoms with van der Waals surface area (Å²) in [5.74, 6) is 5.31. The molecule has 12 nitrogen and oxygen atoms in total. The molecule has 12 heteroatoms. The van der Waals surface area contributed by atoms with Gasteiger partial charge in [-0.15, -0.1) is 0 Å². The number of Topliss-reactive ketones (excluding diaryl/α,β-unsaturated/α-hetero) is 1. The van der Waals surface area contributed by atoms with Crippen LogP contribution in [0.2, 0.25) is 0 Å². The van der Waals surface area contributed by atoms with E-state index in [1.165, 1.54) is 48.1 Å². The first-order chi connectivity index (χ1) is 17.9. The van der Waals surface area contributed by atoms with Gasteiger partial charge in [-0.2, -0.15) is 0 Å². The van der Waals surface area contributed by atoms with Gasteiger partial charge in [0, 0.05) is 37.8 Å². The number of aromatic amines is 1. The summed E-state index contributed by atoms with van der Waals surface area (Å²) >= 11 is 0. The second-order valence-electron chi connectivity index (χ2n) is 8.22. The number of hydrazine groups is 1. The van der Waals surface area contributed by atoms with Gasteiger partial charge < -0.3 is 20.4 Å². The molecule has 0 spiro atoms. The van der Waals surface area contributed by atoms with E-state index < -0.39 is 11.7 Å². The monoisotopic (exact) mass is 503 g/mol. The third-order valence-electron chi connectivity index (χ3n) is 6.09. The molecule has 192 valence electrons. The summed E-state index contributed by atoms with van der Waals surface area (Å²) in [6.45, 7) is 2.58. The molecule has 5 N–H and O–H groups in total. The number of hydrogen-bond donors (Lipinski definition) is 3. The lowest BCUT2D eigenvalue weighted by Gasteiger charge is -2.28. The van der Waals surface area contributed by atoms with Crippen molar-refractivity contribution in [1.82, 2.24) is 24.8 Å². The predicted octanol–water partition coefficient (Wildman–Crippen LogP) is 1.62. The van der Waals surface area contributed by atoms with Crippen LogP contribution < -0.4 is 21.3 Å². The summed E-state index contributed by atoms with van der Waals surface area (Å²) in [4.78, 5) is 48.7. The van der Waals surface area contributed by atoms with Crippen molar-refractivity contribution in [2.24, 2.45) is 16.6 Å². The van der Waals surface area contributed by atoms with Crippen molar-refractivity contribution in [2.45, 2.75) is 26.3 Å². The Kier molecular flexibility index (Phi) is 7.58. The van der Waals surface area contributed by atoms with Crippen molar-refractivity contribution in [3.63, 3.8) is 0 Å². The van der Waals surface area contributed by atoms with Crippen molar-refractivity contribution < 1.29 is 14.3 Å². The van der Waals surface area contributed by atoms with Crippen LogP contribution in [0.25, 0.3) is 10.9 Å². The lowest BCUT2D eigenvalue weighted by Crippen LogP contribution is -2.41. The van der Waals surface area contributed by atoms with Crippen LogP contribution in [0.1, 0.15) is 40.7 Å². The maximum absolute atomic E-state index is 13.4. The van der Waals surface area contributed by atoms with Crippen molar-refractivity contribution >= 4 is 34.1 Å². The van der Waals surface area contributed by atoms with Gasteiger partial charge in [0.15, 0.2) is 5.82 Å². The van der Waals surface area contributed by atoms with E-state index in [2.05, 4.69) is 24.9 Å². The Morgan fingerprint density at radius 1 is 1.32 bits per heavy atom. The highest BCUT2D eigenvalue weighted by molar-refractivity contribution is 6.45. The molecule has 0 saturated carbocycles. The summed E-state index contributed by atoms with van der Waals surface area (Å²) in [6.07, 6.45) is 12.4. The Hall–Kier alpha value is -4.58. The Morgan fingerprint density at radius 3 is 2.84 bits per heavy atom. The summed E-state index contributed by atoms with van der Waals surface area (Å²) in [5, 5.41) is 1.61. The van der Waals surface area contributed by atoms with Crippen molar-refractivity contribution in [3.05, 3.63) is 65.8 Å². The molecular formula is C25H29N9O3. The molecule has 1 aliphatic heterocycles. The number of aromatic nitrogens is 4. The van der Waals surface area contributed by atoms with Gasteiger partial charge in [-0.25, -0.2) is 20.8 Å². The third kappa shape index (κ3) is 4.78. The SMILES string of the molecule is CC/C=C\C(=NC)c1ncnc2c1CCN(C(=O)C(=O)c1c[nH]c3c(N(N)/C=C\N)ncc(OC)c13)C2. The van der Waals surface area contributed by atoms with E-state index in [1.807, 2.05) is 19.1 Å². The number of ketones is 1. The van der Waals surface area contributed by atoms with Crippen LogP contribution >= 0.6 is 0 Å². The number of methoxy groups -OCH3 is 1. The van der Waals surface area contributed by atoms with Gasteiger partial charge in [0.05, 0.1) is 53.4 Å². The zero-order chi connectivity index (χ0) is 26.5. The number of nitrogens with two attached hydrogens (primary N) is 2. The Balaban J connectivity index is 1.65. The molecule has 0 radical (unpaired) electrons.